The summed E-state index contributed by atoms with van der Waals surface area (Å²) in [5, 5.41) is 9.74. The van der Waals surface area contributed by atoms with Crippen LogP contribution in [-0.4, -0.2) is 52.3 Å². The maximum absolute atomic E-state index is 12.4. The molecule has 0 aliphatic carbocycles. The number of carbonyl (C=O) groups is 2. The summed E-state index contributed by atoms with van der Waals surface area (Å²) in [6.07, 6.45) is 52.6. The number of rotatable bonds is 34. The molecule has 0 saturated carbocycles. The highest BCUT2D eigenvalue weighted by Gasteiger charge is 2.22. The number of hydrogen-bond acceptors (Lipinski definition) is 7. The molecule has 2 atom stereocenters. The topological polar surface area (TPSA) is 140 Å². The van der Waals surface area contributed by atoms with Crippen LogP contribution in [0.15, 0.2) is 122 Å². The van der Waals surface area contributed by atoms with Gasteiger partial charge in [0, 0.05) is 12.8 Å². The van der Waals surface area contributed by atoms with Gasteiger partial charge in [0.2, 0.25) is 0 Å². The van der Waals surface area contributed by atoms with Crippen LogP contribution in [0.25, 0.3) is 0 Å². The zero-order chi connectivity index (χ0) is 40.5. The first kappa shape index (κ1) is 51.4. The van der Waals surface area contributed by atoms with Crippen LogP contribution in [0.1, 0.15) is 123 Å². The lowest BCUT2D eigenvalue weighted by molar-refractivity contribution is -0.161. The van der Waals surface area contributed by atoms with Gasteiger partial charge in [-0.25, -0.2) is 4.57 Å². The number of allylic oxidation sites excluding steroid dienone is 18. The van der Waals surface area contributed by atoms with Gasteiger partial charge in [0.1, 0.15) is 6.61 Å². The normalized spacial score (nSPS) is 14.3. The Bertz CT molecular complexity index is 1310. The molecule has 1 unspecified atom stereocenters. The second-order valence-corrected chi connectivity index (χ2v) is 13.9. The smallest absolute Gasteiger partial charge is 0.462 e. The monoisotopic (exact) mass is 784 g/mol. The van der Waals surface area contributed by atoms with Crippen molar-refractivity contribution >= 4 is 19.8 Å². The van der Waals surface area contributed by atoms with Crippen molar-refractivity contribution in [3.63, 3.8) is 0 Å². The zero-order valence-electron chi connectivity index (χ0n) is 33.4. The Balaban J connectivity index is 4.18. The second-order valence-electron chi connectivity index (χ2n) is 12.7. The minimum Gasteiger partial charge on any atom is -0.462 e. The van der Waals surface area contributed by atoms with Crippen LogP contribution in [0.3, 0.4) is 0 Å². The minimum absolute atomic E-state index is 0.0999. The molecule has 3 N–H and O–H groups in total. The predicted octanol–water partition coefficient (Wildman–Crippen LogP) is 11.1. The lowest BCUT2D eigenvalue weighted by Gasteiger charge is -2.18. The maximum Gasteiger partial charge on any atom is 0.469 e. The van der Waals surface area contributed by atoms with E-state index < -0.39 is 38.6 Å². The van der Waals surface area contributed by atoms with Crippen molar-refractivity contribution < 1.29 is 43.0 Å². The Morgan fingerprint density at radius 1 is 0.564 bits per heavy atom. The average molecular weight is 785 g/mol. The quantitative estimate of drug-likeness (QED) is 0.0191. The van der Waals surface area contributed by atoms with Crippen molar-refractivity contribution in [2.75, 3.05) is 13.2 Å². The average Bonchev–Trinajstić information content (AvgIpc) is 3.15. The molecular formula is C45H69O9P. The van der Waals surface area contributed by atoms with E-state index in [0.29, 0.717) is 25.7 Å². The molecule has 0 fully saturated rings. The lowest BCUT2D eigenvalue weighted by Crippen LogP contribution is -2.29. The molecule has 0 aromatic carbocycles. The van der Waals surface area contributed by atoms with Crippen LogP contribution in [0, 0.1) is 0 Å². The third kappa shape index (κ3) is 41.4. The summed E-state index contributed by atoms with van der Waals surface area (Å²) < 4.78 is 26.3. The third-order valence-electron chi connectivity index (χ3n) is 7.55. The van der Waals surface area contributed by atoms with Gasteiger partial charge < -0.3 is 24.4 Å². The summed E-state index contributed by atoms with van der Waals surface area (Å²) in [5.74, 6) is -1.03. The van der Waals surface area contributed by atoms with Crippen LogP contribution in [0.4, 0.5) is 0 Å². The van der Waals surface area contributed by atoms with Gasteiger partial charge in [0.25, 0.3) is 0 Å². The summed E-state index contributed by atoms with van der Waals surface area (Å²) in [5.41, 5.74) is 0. The van der Waals surface area contributed by atoms with E-state index in [-0.39, 0.29) is 19.4 Å². The van der Waals surface area contributed by atoms with E-state index in [1.54, 1.807) is 6.08 Å². The molecule has 0 bridgehead atoms. The molecule has 0 saturated heterocycles. The second kappa shape index (κ2) is 38.7. The molecule has 0 radical (unpaired) electrons. The molecule has 0 aliphatic heterocycles. The number of phosphoric ester groups is 1. The van der Waals surface area contributed by atoms with Gasteiger partial charge in [-0.15, -0.1) is 0 Å². The lowest BCUT2D eigenvalue weighted by atomic mass is 10.1. The van der Waals surface area contributed by atoms with E-state index >= 15 is 0 Å². The number of aliphatic hydroxyl groups excluding tert-OH is 1. The Labute approximate surface area is 331 Å². The number of hydrogen-bond donors (Lipinski definition) is 3. The maximum atomic E-state index is 12.4. The van der Waals surface area contributed by atoms with E-state index in [2.05, 4.69) is 84.4 Å². The highest BCUT2D eigenvalue weighted by molar-refractivity contribution is 7.46. The molecular weight excluding hydrogens is 715 g/mol. The fraction of sp³-hybridized carbons (Fsp3) is 0.511. The summed E-state index contributed by atoms with van der Waals surface area (Å²) in [4.78, 5) is 42.8. The van der Waals surface area contributed by atoms with Gasteiger partial charge in [0.15, 0.2) is 6.10 Å². The van der Waals surface area contributed by atoms with Crippen LogP contribution in [0.2, 0.25) is 0 Å². The molecule has 55 heavy (non-hydrogen) atoms. The summed E-state index contributed by atoms with van der Waals surface area (Å²) in [6, 6.07) is 0. The van der Waals surface area contributed by atoms with Gasteiger partial charge in [0.05, 0.1) is 12.7 Å². The number of carbonyl (C=O) groups excluding carboxylic acids is 2. The van der Waals surface area contributed by atoms with Gasteiger partial charge in [-0.05, 0) is 89.9 Å². The van der Waals surface area contributed by atoms with E-state index in [1.165, 1.54) is 0 Å². The molecule has 10 heteroatoms. The van der Waals surface area contributed by atoms with Crippen LogP contribution < -0.4 is 0 Å². The standard InChI is InChI=1S/C45H69O9P/c1-3-5-7-8-9-10-11-12-13-14-15-16-17-18-22-25-28-31-34-38-44(47)52-40-43(41-53-55(49,50)51)54-45(48)39-35-32-29-26-23-20-19-21-24-27-30-33-37-42(46)36-6-4-2/h5-7,9-10,12-13,15-16,18-20,22,24,26-27,29-30,33,36,42-43,46H,3-4,8,11,14,17,21,23,25,28,31-32,34-35,37-41H2,1-2H3,(H2,49,50,51)/b7-5-,10-9-,13-12-,16-15-,20-19-,22-18-,27-24-,29-26-,33-30+,36-6-/t42?,43-/m1/s1. The minimum atomic E-state index is -4.80. The molecule has 0 heterocycles. The number of esters is 2. The highest BCUT2D eigenvalue weighted by Crippen LogP contribution is 2.35. The Morgan fingerprint density at radius 3 is 1.62 bits per heavy atom. The van der Waals surface area contributed by atoms with Crippen molar-refractivity contribution in [1.82, 2.24) is 0 Å². The molecule has 0 spiro atoms. The molecule has 9 nitrogen and oxygen atoms in total. The largest absolute Gasteiger partial charge is 0.469 e. The number of ether oxygens (including phenoxy) is 2. The van der Waals surface area contributed by atoms with Gasteiger partial charge >= 0.3 is 19.8 Å². The molecule has 308 valence electrons. The molecule has 0 rings (SSSR count). The zero-order valence-corrected chi connectivity index (χ0v) is 34.3. The van der Waals surface area contributed by atoms with Crippen molar-refractivity contribution in [2.24, 2.45) is 0 Å². The van der Waals surface area contributed by atoms with E-state index in [9.17, 15) is 19.3 Å². The van der Waals surface area contributed by atoms with E-state index in [1.807, 2.05) is 49.5 Å². The summed E-state index contributed by atoms with van der Waals surface area (Å²) in [6.45, 7) is 3.23. The first-order chi connectivity index (χ1) is 26.7. The van der Waals surface area contributed by atoms with Crippen molar-refractivity contribution in [1.29, 1.82) is 0 Å². The van der Waals surface area contributed by atoms with E-state index in [0.717, 1.165) is 70.6 Å². The number of aliphatic hydroxyl groups is 1. The molecule has 0 aromatic heterocycles. The van der Waals surface area contributed by atoms with Gasteiger partial charge in [-0.1, -0.05) is 142 Å². The first-order valence-electron chi connectivity index (χ1n) is 19.9. The molecule has 0 aliphatic rings. The first-order valence-corrected chi connectivity index (χ1v) is 21.5. The number of unbranched alkanes of at least 4 members (excludes halogenated alkanes) is 4. The Kier molecular flexibility index (Phi) is 36.2. The predicted molar refractivity (Wildman–Crippen MR) is 226 cm³/mol. The van der Waals surface area contributed by atoms with Crippen molar-refractivity contribution in [3.8, 4) is 0 Å². The molecule has 0 aromatic rings. The SMILES string of the molecule is CC/C=C\C/C=C\C/C=C\C/C=C\C/C=C\CCCCCC(=O)OC[C@H](COP(=O)(O)O)OC(=O)CCC/C=C\C/C=C\C/C=C\C=C\CC(O)/C=C\CC. The summed E-state index contributed by atoms with van der Waals surface area (Å²) in [7, 11) is -4.80. The van der Waals surface area contributed by atoms with Crippen LogP contribution >= 0.6 is 7.82 Å². The fourth-order valence-corrected chi connectivity index (χ4v) is 4.99. The van der Waals surface area contributed by atoms with Crippen molar-refractivity contribution in [3.05, 3.63) is 122 Å². The van der Waals surface area contributed by atoms with Gasteiger partial charge in [-0.2, -0.15) is 0 Å². The van der Waals surface area contributed by atoms with Crippen LogP contribution in [-0.2, 0) is 28.2 Å². The Hall–Kier alpha value is -3.59. The Morgan fingerprint density at radius 2 is 1.05 bits per heavy atom. The summed E-state index contributed by atoms with van der Waals surface area (Å²) >= 11 is 0. The van der Waals surface area contributed by atoms with Crippen molar-refractivity contribution in [2.45, 2.75) is 135 Å². The fourth-order valence-electron chi connectivity index (χ4n) is 4.63. The van der Waals surface area contributed by atoms with Crippen LogP contribution in [0.5, 0.6) is 0 Å². The molecule has 0 amide bonds. The van der Waals surface area contributed by atoms with E-state index in [4.69, 9.17) is 19.3 Å². The highest BCUT2D eigenvalue weighted by atomic mass is 31.2. The van der Waals surface area contributed by atoms with Gasteiger partial charge in [-0.3, -0.25) is 14.1 Å². The third-order valence-corrected chi connectivity index (χ3v) is 8.04. The number of phosphoric acid groups is 1.